The number of nitrogens with one attached hydrogen (secondary N) is 1. The molecule has 94 valence electrons. The molecule has 4 heteroatoms. The minimum Gasteiger partial charge on any atom is -0.468 e. The van der Waals surface area contributed by atoms with E-state index in [1.165, 1.54) is 7.11 Å². The fourth-order valence-corrected chi connectivity index (χ4v) is 1.48. The number of carbonyl (C=O) groups is 1. The van der Waals surface area contributed by atoms with Gasteiger partial charge in [0.15, 0.2) is 0 Å². The van der Waals surface area contributed by atoms with Crippen LogP contribution in [0, 0.1) is 0 Å². The molecule has 0 aromatic rings. The normalized spacial score (nSPS) is 12.6. The topological polar surface area (TPSA) is 41.6 Å². The second kappa shape index (κ2) is 8.30. The molecule has 4 nitrogen and oxygen atoms in total. The van der Waals surface area contributed by atoms with Gasteiger partial charge in [-0.3, -0.25) is 10.1 Å². The average Bonchev–Trinajstić information content (AvgIpc) is 2.28. The molecule has 0 aliphatic carbocycles. The lowest BCUT2D eigenvalue weighted by Crippen LogP contribution is -2.42. The number of hydrogen-bond donors (Lipinski definition) is 1. The minimum atomic E-state index is -0.388. The summed E-state index contributed by atoms with van der Waals surface area (Å²) in [5, 5.41) is 3.15. The molecule has 0 saturated heterocycles. The first-order valence-electron chi connectivity index (χ1n) is 5.75. The highest BCUT2D eigenvalue weighted by Crippen LogP contribution is 2.00. The van der Waals surface area contributed by atoms with E-state index in [2.05, 4.69) is 30.6 Å². The Balaban J connectivity index is 4.03. The molecule has 0 aliphatic rings. The summed E-state index contributed by atoms with van der Waals surface area (Å²) in [5.74, 6) is -0.271. The van der Waals surface area contributed by atoms with E-state index in [0.29, 0.717) is 0 Å². The number of esters is 1. The van der Waals surface area contributed by atoms with Crippen LogP contribution in [-0.2, 0) is 9.53 Å². The van der Waals surface area contributed by atoms with Gasteiger partial charge in [-0.1, -0.05) is 26.0 Å². The number of ether oxygens (including phenoxy) is 1. The monoisotopic (exact) mass is 228 g/mol. The van der Waals surface area contributed by atoms with Crippen LogP contribution in [0.25, 0.3) is 0 Å². The number of methoxy groups -OCH3 is 1. The Morgan fingerprint density at radius 3 is 2.38 bits per heavy atom. The molecule has 0 heterocycles. The van der Waals surface area contributed by atoms with E-state index in [-0.39, 0.29) is 12.0 Å². The van der Waals surface area contributed by atoms with Gasteiger partial charge in [0, 0.05) is 13.1 Å². The van der Waals surface area contributed by atoms with Gasteiger partial charge in [0.25, 0.3) is 0 Å². The zero-order valence-corrected chi connectivity index (χ0v) is 10.9. The standard InChI is InChI=1S/C12H24N2O2/c1-6-14(7-2)9-8-13-11(10(3)4)12(15)16-5/h11,13H,3,6-9H2,1-2,4-5H3. The van der Waals surface area contributed by atoms with Gasteiger partial charge in [-0.2, -0.15) is 0 Å². The molecule has 0 aliphatic heterocycles. The fourth-order valence-electron chi connectivity index (χ4n) is 1.48. The van der Waals surface area contributed by atoms with Crippen LogP contribution >= 0.6 is 0 Å². The summed E-state index contributed by atoms with van der Waals surface area (Å²) in [6.07, 6.45) is 0. The Bertz CT molecular complexity index is 225. The van der Waals surface area contributed by atoms with Gasteiger partial charge in [0.1, 0.15) is 6.04 Å². The van der Waals surface area contributed by atoms with Gasteiger partial charge in [0.2, 0.25) is 0 Å². The Morgan fingerprint density at radius 2 is 2.00 bits per heavy atom. The third-order valence-corrected chi connectivity index (χ3v) is 2.60. The van der Waals surface area contributed by atoms with Crippen molar-refractivity contribution in [2.75, 3.05) is 33.3 Å². The summed E-state index contributed by atoms with van der Waals surface area (Å²) in [4.78, 5) is 13.7. The van der Waals surface area contributed by atoms with E-state index in [0.717, 1.165) is 31.8 Å². The van der Waals surface area contributed by atoms with Gasteiger partial charge < -0.3 is 9.64 Å². The summed E-state index contributed by atoms with van der Waals surface area (Å²) in [6, 6.07) is -0.388. The highest BCUT2D eigenvalue weighted by molar-refractivity contribution is 5.79. The van der Waals surface area contributed by atoms with Crippen LogP contribution in [0.3, 0.4) is 0 Å². The molecule has 0 fully saturated rings. The van der Waals surface area contributed by atoms with Gasteiger partial charge in [0.05, 0.1) is 7.11 Å². The number of hydrogen-bond acceptors (Lipinski definition) is 4. The van der Waals surface area contributed by atoms with Crippen molar-refractivity contribution in [1.82, 2.24) is 10.2 Å². The van der Waals surface area contributed by atoms with E-state index in [1.807, 2.05) is 6.92 Å². The van der Waals surface area contributed by atoms with Crippen LogP contribution in [-0.4, -0.2) is 50.2 Å². The predicted molar refractivity (Wildman–Crippen MR) is 66.4 cm³/mol. The highest BCUT2D eigenvalue weighted by atomic mass is 16.5. The molecule has 0 spiro atoms. The highest BCUT2D eigenvalue weighted by Gasteiger charge is 2.18. The summed E-state index contributed by atoms with van der Waals surface area (Å²) >= 11 is 0. The maximum absolute atomic E-state index is 11.4. The third kappa shape index (κ3) is 5.28. The van der Waals surface area contributed by atoms with Crippen molar-refractivity contribution in [3.63, 3.8) is 0 Å². The molecule has 1 atom stereocenters. The molecular formula is C12H24N2O2. The molecule has 16 heavy (non-hydrogen) atoms. The Hall–Kier alpha value is -0.870. The van der Waals surface area contributed by atoms with E-state index < -0.39 is 0 Å². The molecule has 0 rings (SSSR count). The first kappa shape index (κ1) is 15.1. The van der Waals surface area contributed by atoms with E-state index in [1.54, 1.807) is 0 Å². The van der Waals surface area contributed by atoms with Crippen LogP contribution in [0.1, 0.15) is 20.8 Å². The van der Waals surface area contributed by atoms with Crippen LogP contribution in [0.15, 0.2) is 12.2 Å². The SMILES string of the molecule is C=C(C)C(NCCN(CC)CC)C(=O)OC. The fraction of sp³-hybridized carbons (Fsp3) is 0.750. The van der Waals surface area contributed by atoms with Crippen molar-refractivity contribution in [2.24, 2.45) is 0 Å². The molecular weight excluding hydrogens is 204 g/mol. The quantitative estimate of drug-likeness (QED) is 0.498. The smallest absolute Gasteiger partial charge is 0.327 e. The molecule has 0 saturated carbocycles. The van der Waals surface area contributed by atoms with Crippen molar-refractivity contribution in [3.05, 3.63) is 12.2 Å². The summed E-state index contributed by atoms with van der Waals surface area (Å²) in [7, 11) is 1.39. The first-order valence-corrected chi connectivity index (χ1v) is 5.75. The summed E-state index contributed by atoms with van der Waals surface area (Å²) < 4.78 is 4.71. The molecule has 0 aromatic heterocycles. The number of carbonyl (C=O) groups excluding carboxylic acids is 1. The predicted octanol–water partition coefficient (Wildman–Crippen LogP) is 1.04. The molecule has 0 aromatic carbocycles. The third-order valence-electron chi connectivity index (χ3n) is 2.60. The molecule has 1 unspecified atom stereocenters. The molecule has 0 amide bonds. The number of likely N-dealkylation sites (N-methyl/N-ethyl adjacent to an activating group) is 1. The average molecular weight is 228 g/mol. The van der Waals surface area contributed by atoms with Crippen molar-refractivity contribution in [3.8, 4) is 0 Å². The minimum absolute atomic E-state index is 0.271. The second-order valence-corrected chi connectivity index (χ2v) is 3.78. The maximum atomic E-state index is 11.4. The Morgan fingerprint density at radius 1 is 1.44 bits per heavy atom. The van der Waals surface area contributed by atoms with Crippen molar-refractivity contribution >= 4 is 5.97 Å². The van der Waals surface area contributed by atoms with Crippen molar-refractivity contribution in [1.29, 1.82) is 0 Å². The van der Waals surface area contributed by atoms with Crippen LogP contribution in [0.2, 0.25) is 0 Å². The van der Waals surface area contributed by atoms with Crippen molar-refractivity contribution < 1.29 is 9.53 Å². The lowest BCUT2D eigenvalue weighted by atomic mass is 10.1. The second-order valence-electron chi connectivity index (χ2n) is 3.78. The summed E-state index contributed by atoms with van der Waals surface area (Å²) in [5.41, 5.74) is 0.784. The van der Waals surface area contributed by atoms with Crippen molar-refractivity contribution in [2.45, 2.75) is 26.8 Å². The molecule has 0 radical (unpaired) electrons. The molecule has 1 N–H and O–H groups in total. The number of rotatable bonds is 8. The van der Waals surface area contributed by atoms with Crippen LogP contribution in [0.5, 0.6) is 0 Å². The van der Waals surface area contributed by atoms with Crippen LogP contribution < -0.4 is 5.32 Å². The lowest BCUT2D eigenvalue weighted by Gasteiger charge is -2.21. The lowest BCUT2D eigenvalue weighted by molar-refractivity contribution is -0.142. The summed E-state index contributed by atoms with van der Waals surface area (Å²) in [6.45, 7) is 13.6. The number of nitrogens with zero attached hydrogens (tertiary/aromatic N) is 1. The first-order chi connectivity index (χ1) is 7.56. The van der Waals surface area contributed by atoms with E-state index in [9.17, 15) is 4.79 Å². The van der Waals surface area contributed by atoms with Crippen LogP contribution in [0.4, 0.5) is 0 Å². The van der Waals surface area contributed by atoms with Gasteiger partial charge in [-0.15, -0.1) is 0 Å². The zero-order valence-electron chi connectivity index (χ0n) is 10.9. The van der Waals surface area contributed by atoms with Gasteiger partial charge >= 0.3 is 5.97 Å². The zero-order chi connectivity index (χ0) is 12.6. The van der Waals surface area contributed by atoms with E-state index >= 15 is 0 Å². The Labute approximate surface area is 98.6 Å². The Kier molecular flexibility index (Phi) is 7.85. The largest absolute Gasteiger partial charge is 0.468 e. The van der Waals surface area contributed by atoms with Gasteiger partial charge in [-0.25, -0.2) is 0 Å². The molecule has 0 bridgehead atoms. The van der Waals surface area contributed by atoms with Gasteiger partial charge in [-0.05, 0) is 20.0 Å². The van der Waals surface area contributed by atoms with E-state index in [4.69, 9.17) is 4.74 Å². The maximum Gasteiger partial charge on any atom is 0.327 e.